The zero-order valence-electron chi connectivity index (χ0n) is 7.47. The van der Waals surface area contributed by atoms with Gasteiger partial charge < -0.3 is 4.90 Å². The van der Waals surface area contributed by atoms with Gasteiger partial charge in [-0.25, -0.2) is 0 Å². The minimum absolute atomic E-state index is 0.0303. The van der Waals surface area contributed by atoms with E-state index in [9.17, 15) is 4.79 Å². The lowest BCUT2D eigenvalue weighted by Gasteiger charge is -2.13. The van der Waals surface area contributed by atoms with Gasteiger partial charge in [0.1, 0.15) is 0 Å². The summed E-state index contributed by atoms with van der Waals surface area (Å²) in [6.07, 6.45) is 2.52. The molecule has 0 spiro atoms. The lowest BCUT2D eigenvalue weighted by molar-refractivity contribution is -0.124. The molecule has 64 valence electrons. The highest BCUT2D eigenvalue weighted by Crippen LogP contribution is 1.93. The van der Waals surface area contributed by atoms with E-state index in [1.165, 1.54) is 12.1 Å². The van der Waals surface area contributed by atoms with E-state index < -0.39 is 0 Å². The number of likely N-dealkylation sites (N-methyl/N-ethyl adjacent to an activating group) is 1. The molecule has 0 rings (SSSR count). The summed E-state index contributed by atoms with van der Waals surface area (Å²) in [4.78, 5) is 12.6. The van der Waals surface area contributed by atoms with E-state index in [2.05, 4.69) is 13.1 Å². The van der Waals surface area contributed by atoms with E-state index in [0.29, 0.717) is 0 Å². The molecule has 0 fully saturated rings. The molecule has 0 aromatic carbocycles. The zero-order valence-corrected chi connectivity index (χ0v) is 8.88. The normalized spacial score (nSPS) is 10.4. The van der Waals surface area contributed by atoms with E-state index in [1.54, 1.807) is 4.90 Å². The van der Waals surface area contributed by atoms with Gasteiger partial charge >= 0.3 is 0 Å². The van der Waals surface area contributed by atoms with E-state index in [1.807, 2.05) is 7.05 Å². The molecule has 0 saturated carbocycles. The maximum atomic E-state index is 10.9. The van der Waals surface area contributed by atoms with Crippen LogP contribution in [0.1, 0.15) is 6.42 Å². The Labute approximate surface area is 71.1 Å². The van der Waals surface area contributed by atoms with Crippen molar-refractivity contribution in [3.05, 3.63) is 12.7 Å². The van der Waals surface area contributed by atoms with Gasteiger partial charge in [0.05, 0.1) is 0 Å². The van der Waals surface area contributed by atoms with Crippen molar-refractivity contribution in [3.8, 4) is 0 Å². The zero-order chi connectivity index (χ0) is 8.69. The number of carbonyl (C=O) groups excluding carboxylic acids is 1. The molecule has 0 saturated heterocycles. The molecule has 3 heteroatoms. The van der Waals surface area contributed by atoms with Gasteiger partial charge in [0.15, 0.2) is 0 Å². The van der Waals surface area contributed by atoms with E-state index in [0.717, 1.165) is 13.0 Å². The van der Waals surface area contributed by atoms with Crippen molar-refractivity contribution in [1.29, 1.82) is 0 Å². The minimum atomic E-state index is 0.0303. The first-order chi connectivity index (χ1) is 5.22. The second-order valence-corrected chi connectivity index (χ2v) is 4.38. The molecule has 0 aliphatic carbocycles. The van der Waals surface area contributed by atoms with Crippen molar-refractivity contribution in [3.63, 3.8) is 0 Å². The number of carbonyl (C=O) groups is 1. The monoisotopic (exact) mass is 171 g/mol. The summed E-state index contributed by atoms with van der Waals surface area (Å²) in [7, 11) is 2.00. The van der Waals surface area contributed by atoms with Crippen LogP contribution in [0.4, 0.5) is 0 Å². The molecule has 2 nitrogen and oxygen atoms in total. The molecular weight excluding hydrogens is 154 g/mol. The van der Waals surface area contributed by atoms with Crippen LogP contribution in [0, 0.1) is 0 Å². The standard InChI is InChI=1S/C8H17NOSi/c1-4-8(10)9(2)6-5-7-11-3/h4H,1,5-7,11H2,2-3H3. The van der Waals surface area contributed by atoms with Gasteiger partial charge in [-0.3, -0.25) is 4.79 Å². The van der Waals surface area contributed by atoms with Gasteiger partial charge in [-0.1, -0.05) is 19.2 Å². The first kappa shape index (κ1) is 10.4. The van der Waals surface area contributed by atoms with Gasteiger partial charge in [-0.2, -0.15) is 0 Å². The molecule has 1 amide bonds. The molecule has 0 aliphatic heterocycles. The number of hydrogen-bond donors (Lipinski definition) is 0. The van der Waals surface area contributed by atoms with Crippen LogP contribution < -0.4 is 0 Å². The highest BCUT2D eigenvalue weighted by molar-refractivity contribution is 6.33. The third-order valence-corrected chi connectivity index (χ3v) is 2.86. The average molecular weight is 171 g/mol. The summed E-state index contributed by atoms with van der Waals surface area (Å²) in [5.41, 5.74) is 0. The number of rotatable bonds is 5. The van der Waals surface area contributed by atoms with E-state index in [4.69, 9.17) is 0 Å². The van der Waals surface area contributed by atoms with Gasteiger partial charge in [-0.05, 0) is 12.5 Å². The van der Waals surface area contributed by atoms with Crippen molar-refractivity contribution in [2.75, 3.05) is 13.6 Å². The number of nitrogens with zero attached hydrogens (tertiary/aromatic N) is 1. The fourth-order valence-corrected chi connectivity index (χ4v) is 1.59. The molecule has 0 aromatic rings. The summed E-state index contributed by atoms with van der Waals surface area (Å²) >= 11 is 0. The first-order valence-electron chi connectivity index (χ1n) is 4.10. The molecule has 0 aromatic heterocycles. The molecule has 11 heavy (non-hydrogen) atoms. The summed E-state index contributed by atoms with van der Waals surface area (Å²) in [6.45, 7) is 6.60. The second kappa shape index (κ2) is 6.16. The summed E-state index contributed by atoms with van der Waals surface area (Å²) in [5, 5.41) is 0. The third kappa shape index (κ3) is 4.78. The SMILES string of the molecule is C=CC(=O)N(C)CCC[SiH2]C. The second-order valence-electron chi connectivity index (χ2n) is 2.67. The van der Waals surface area contributed by atoms with Crippen LogP contribution in [0.25, 0.3) is 0 Å². The number of hydrogen-bond acceptors (Lipinski definition) is 1. The van der Waals surface area contributed by atoms with Gasteiger partial charge in [0.2, 0.25) is 5.91 Å². The van der Waals surface area contributed by atoms with Crippen LogP contribution in [-0.4, -0.2) is 33.9 Å². The molecular formula is C8H17NOSi. The van der Waals surface area contributed by atoms with Gasteiger partial charge in [0, 0.05) is 23.1 Å². The highest BCUT2D eigenvalue weighted by Gasteiger charge is 2.01. The largest absolute Gasteiger partial charge is 0.342 e. The van der Waals surface area contributed by atoms with Crippen molar-refractivity contribution in [2.24, 2.45) is 0 Å². The van der Waals surface area contributed by atoms with Crippen molar-refractivity contribution >= 4 is 15.4 Å². The lowest BCUT2D eigenvalue weighted by Crippen LogP contribution is -2.25. The van der Waals surface area contributed by atoms with Crippen molar-refractivity contribution in [1.82, 2.24) is 4.90 Å². The Hall–Kier alpha value is -0.573. The Balaban J connectivity index is 3.43. The minimum Gasteiger partial charge on any atom is -0.342 e. The van der Waals surface area contributed by atoms with Crippen molar-refractivity contribution in [2.45, 2.75) is 19.0 Å². The summed E-state index contributed by atoms with van der Waals surface area (Å²) in [6, 6.07) is 1.33. The molecule has 0 radical (unpaired) electrons. The first-order valence-corrected chi connectivity index (χ1v) is 6.51. The summed E-state index contributed by atoms with van der Waals surface area (Å²) in [5.74, 6) is 0.0303. The maximum absolute atomic E-state index is 10.9. The molecule has 0 N–H and O–H groups in total. The molecule has 0 heterocycles. The Morgan fingerprint density at radius 3 is 2.82 bits per heavy atom. The molecule has 0 unspecified atom stereocenters. The highest BCUT2D eigenvalue weighted by atomic mass is 28.2. The van der Waals surface area contributed by atoms with Crippen LogP contribution in [0.2, 0.25) is 12.6 Å². The predicted octanol–water partition coefficient (Wildman–Crippen LogP) is 0.656. The smallest absolute Gasteiger partial charge is 0.245 e. The fourth-order valence-electron chi connectivity index (χ4n) is 0.865. The Morgan fingerprint density at radius 2 is 2.36 bits per heavy atom. The fraction of sp³-hybridized carbons (Fsp3) is 0.625. The predicted molar refractivity (Wildman–Crippen MR) is 51.7 cm³/mol. The summed E-state index contributed by atoms with van der Waals surface area (Å²) < 4.78 is 0. The maximum Gasteiger partial charge on any atom is 0.245 e. The van der Waals surface area contributed by atoms with Crippen LogP contribution in [0.5, 0.6) is 0 Å². The Morgan fingerprint density at radius 1 is 1.73 bits per heavy atom. The Bertz CT molecular complexity index is 136. The molecule has 0 aliphatic rings. The lowest BCUT2D eigenvalue weighted by atomic mass is 10.4. The number of amides is 1. The van der Waals surface area contributed by atoms with Crippen LogP contribution in [-0.2, 0) is 4.79 Å². The van der Waals surface area contributed by atoms with E-state index in [-0.39, 0.29) is 15.4 Å². The topological polar surface area (TPSA) is 20.3 Å². The van der Waals surface area contributed by atoms with Crippen LogP contribution >= 0.6 is 0 Å². The van der Waals surface area contributed by atoms with Gasteiger partial charge in [0.25, 0.3) is 0 Å². The quantitative estimate of drug-likeness (QED) is 0.338. The van der Waals surface area contributed by atoms with Gasteiger partial charge in [-0.15, -0.1) is 0 Å². The van der Waals surface area contributed by atoms with Crippen molar-refractivity contribution < 1.29 is 4.79 Å². The molecule has 0 atom stereocenters. The van der Waals surface area contributed by atoms with Crippen LogP contribution in [0.15, 0.2) is 12.7 Å². The molecule has 0 bridgehead atoms. The van der Waals surface area contributed by atoms with E-state index >= 15 is 0 Å². The van der Waals surface area contributed by atoms with Crippen LogP contribution in [0.3, 0.4) is 0 Å². The average Bonchev–Trinajstić information content (AvgIpc) is 2.03. The Kier molecular flexibility index (Phi) is 5.84. The third-order valence-electron chi connectivity index (χ3n) is 1.65.